The van der Waals surface area contributed by atoms with E-state index in [1.165, 1.54) is 0 Å². The number of likely N-dealkylation sites (tertiary alicyclic amines) is 1. The van der Waals surface area contributed by atoms with E-state index in [9.17, 15) is 13.2 Å². The predicted octanol–water partition coefficient (Wildman–Crippen LogP) is 2.10. The van der Waals surface area contributed by atoms with E-state index in [0.29, 0.717) is 31.5 Å². The van der Waals surface area contributed by atoms with Crippen LogP contribution in [-0.2, 0) is 21.3 Å². The molecule has 0 bridgehead atoms. The molecule has 2 aliphatic rings. The smallest absolute Gasteiger partial charge is 0.253 e. The number of piperidine rings is 1. The summed E-state index contributed by atoms with van der Waals surface area (Å²) in [6.07, 6.45) is 1.20. The third-order valence-corrected chi connectivity index (χ3v) is 7.38. The second-order valence-corrected chi connectivity index (χ2v) is 9.80. The lowest BCUT2D eigenvalue weighted by Gasteiger charge is -2.32. The number of ether oxygens (including phenoxy) is 1. The van der Waals surface area contributed by atoms with Crippen LogP contribution in [0.25, 0.3) is 0 Å². The van der Waals surface area contributed by atoms with E-state index in [2.05, 4.69) is 15.7 Å². The molecule has 2 fully saturated rings. The Kier molecular flexibility index (Phi) is 7.02. The Morgan fingerprint density at radius 3 is 2.39 bits per heavy atom. The Hall–Kier alpha value is -2.26. The van der Waals surface area contributed by atoms with Crippen molar-refractivity contribution >= 4 is 15.9 Å². The Bertz CT molecular complexity index is 983. The van der Waals surface area contributed by atoms with Crippen LogP contribution in [0.3, 0.4) is 0 Å². The summed E-state index contributed by atoms with van der Waals surface area (Å²) < 4.78 is 33.3. The van der Waals surface area contributed by atoms with Crippen LogP contribution in [0, 0.1) is 0 Å². The van der Waals surface area contributed by atoms with Gasteiger partial charge < -0.3 is 9.64 Å². The summed E-state index contributed by atoms with van der Waals surface area (Å²) in [5.74, 6) is 0.00759. The quantitative estimate of drug-likeness (QED) is 0.740. The predicted molar refractivity (Wildman–Crippen MR) is 118 cm³/mol. The van der Waals surface area contributed by atoms with E-state index in [0.717, 1.165) is 38.4 Å². The zero-order chi connectivity index (χ0) is 21.7. The van der Waals surface area contributed by atoms with Crippen molar-refractivity contribution in [3.8, 4) is 0 Å². The minimum atomic E-state index is -3.54. The van der Waals surface area contributed by atoms with Gasteiger partial charge >= 0.3 is 0 Å². The van der Waals surface area contributed by atoms with Crippen LogP contribution in [0.2, 0.25) is 0 Å². The molecule has 2 saturated heterocycles. The molecule has 7 nitrogen and oxygen atoms in total. The lowest BCUT2D eigenvalue weighted by molar-refractivity contribution is 0.0341. The van der Waals surface area contributed by atoms with Crippen LogP contribution < -0.4 is 4.72 Å². The third kappa shape index (κ3) is 5.71. The lowest BCUT2D eigenvalue weighted by Crippen LogP contribution is -2.46. The fraction of sp³-hybridized carbons (Fsp3) is 0.435. The number of benzene rings is 2. The van der Waals surface area contributed by atoms with Crippen LogP contribution in [0.4, 0.5) is 0 Å². The Labute approximate surface area is 184 Å². The van der Waals surface area contributed by atoms with E-state index in [1.54, 1.807) is 30.3 Å². The van der Waals surface area contributed by atoms with Gasteiger partial charge in [0.05, 0.1) is 18.1 Å². The number of nitrogens with zero attached hydrogens (tertiary/aromatic N) is 2. The molecule has 0 unspecified atom stereocenters. The largest absolute Gasteiger partial charge is 0.379 e. The summed E-state index contributed by atoms with van der Waals surface area (Å²) in [7, 11) is -3.54. The number of nitrogens with one attached hydrogen (secondary N) is 1. The van der Waals surface area contributed by atoms with Gasteiger partial charge in [0.15, 0.2) is 0 Å². The van der Waals surface area contributed by atoms with Gasteiger partial charge in [0.1, 0.15) is 0 Å². The average Bonchev–Trinajstić information content (AvgIpc) is 2.80. The number of sulfonamides is 1. The van der Waals surface area contributed by atoms with Crippen LogP contribution in [0.1, 0.15) is 28.8 Å². The molecule has 2 aliphatic heterocycles. The molecule has 166 valence electrons. The number of carbonyl (C=O) groups is 1. The molecule has 1 N–H and O–H groups in total. The topological polar surface area (TPSA) is 79.0 Å². The monoisotopic (exact) mass is 443 g/mol. The van der Waals surface area contributed by atoms with E-state index < -0.39 is 10.0 Å². The highest BCUT2D eigenvalue weighted by Crippen LogP contribution is 2.18. The van der Waals surface area contributed by atoms with Gasteiger partial charge in [-0.05, 0) is 42.7 Å². The van der Waals surface area contributed by atoms with Crippen molar-refractivity contribution in [3.63, 3.8) is 0 Å². The Morgan fingerprint density at radius 2 is 1.68 bits per heavy atom. The summed E-state index contributed by atoms with van der Waals surface area (Å²) in [5.41, 5.74) is 1.81. The highest BCUT2D eigenvalue weighted by atomic mass is 32.2. The first kappa shape index (κ1) is 22.0. The zero-order valence-electron chi connectivity index (χ0n) is 17.6. The van der Waals surface area contributed by atoms with Crippen LogP contribution in [0.5, 0.6) is 0 Å². The molecule has 0 aromatic heterocycles. The maximum atomic E-state index is 13.0. The maximum absolute atomic E-state index is 13.0. The maximum Gasteiger partial charge on any atom is 0.253 e. The van der Waals surface area contributed by atoms with Crippen molar-refractivity contribution in [1.29, 1.82) is 0 Å². The van der Waals surface area contributed by atoms with Crippen molar-refractivity contribution in [3.05, 3.63) is 65.7 Å². The summed E-state index contributed by atoms with van der Waals surface area (Å²) >= 11 is 0. The highest BCUT2D eigenvalue weighted by molar-refractivity contribution is 7.89. The zero-order valence-corrected chi connectivity index (χ0v) is 18.4. The van der Waals surface area contributed by atoms with Crippen LogP contribution in [-0.4, -0.2) is 69.6 Å². The van der Waals surface area contributed by atoms with E-state index in [4.69, 9.17) is 4.74 Å². The second kappa shape index (κ2) is 9.91. The van der Waals surface area contributed by atoms with E-state index in [-0.39, 0.29) is 16.8 Å². The average molecular weight is 444 g/mol. The van der Waals surface area contributed by atoms with Gasteiger partial charge in [-0.2, -0.15) is 0 Å². The van der Waals surface area contributed by atoms with Crippen molar-refractivity contribution in [2.24, 2.45) is 0 Å². The van der Waals surface area contributed by atoms with Crippen molar-refractivity contribution in [1.82, 2.24) is 14.5 Å². The van der Waals surface area contributed by atoms with Crippen LogP contribution in [0.15, 0.2) is 59.5 Å². The molecule has 0 aliphatic carbocycles. The summed E-state index contributed by atoms with van der Waals surface area (Å²) in [4.78, 5) is 17.4. The molecule has 0 spiro atoms. The fourth-order valence-corrected chi connectivity index (χ4v) is 5.42. The number of morpholine rings is 1. The molecule has 31 heavy (non-hydrogen) atoms. The number of carbonyl (C=O) groups excluding carboxylic acids is 1. The molecule has 4 rings (SSSR count). The first-order valence-corrected chi connectivity index (χ1v) is 12.3. The number of amides is 1. The van der Waals surface area contributed by atoms with Gasteiger partial charge in [-0.15, -0.1) is 0 Å². The SMILES string of the molecule is O=C(c1cccc(CN2CCOCC2)c1)N1CCC(NS(=O)(=O)c2ccccc2)CC1. The second-order valence-electron chi connectivity index (χ2n) is 8.09. The molecule has 0 saturated carbocycles. The molecule has 2 aromatic rings. The van der Waals surface area contributed by atoms with Crippen molar-refractivity contribution < 1.29 is 17.9 Å². The molecule has 8 heteroatoms. The van der Waals surface area contributed by atoms with Gasteiger partial charge in [-0.3, -0.25) is 9.69 Å². The molecule has 2 aromatic carbocycles. The molecule has 2 heterocycles. The minimum absolute atomic E-state index is 0.00759. The highest BCUT2D eigenvalue weighted by Gasteiger charge is 2.27. The molecule has 1 amide bonds. The van der Waals surface area contributed by atoms with Crippen molar-refractivity contribution in [2.75, 3.05) is 39.4 Å². The Morgan fingerprint density at radius 1 is 0.968 bits per heavy atom. The minimum Gasteiger partial charge on any atom is -0.379 e. The fourth-order valence-electron chi connectivity index (χ4n) is 4.09. The van der Waals surface area contributed by atoms with Gasteiger partial charge in [0.2, 0.25) is 10.0 Å². The summed E-state index contributed by atoms with van der Waals surface area (Å²) in [6.45, 7) is 5.20. The standard InChI is InChI=1S/C23H29N3O4S/c27-23(20-6-4-5-19(17-20)18-25-13-15-30-16-14-25)26-11-9-21(10-12-26)24-31(28,29)22-7-2-1-3-8-22/h1-8,17,21,24H,9-16,18H2. The van der Waals surface area contributed by atoms with Crippen LogP contribution >= 0.6 is 0 Å². The molecular formula is C23H29N3O4S. The molecular weight excluding hydrogens is 414 g/mol. The van der Waals surface area contributed by atoms with Crippen molar-refractivity contribution in [2.45, 2.75) is 30.3 Å². The number of hydrogen-bond acceptors (Lipinski definition) is 5. The normalized spacial score (nSPS) is 18.8. The molecule has 0 radical (unpaired) electrons. The number of hydrogen-bond donors (Lipinski definition) is 1. The first-order valence-electron chi connectivity index (χ1n) is 10.8. The van der Waals surface area contributed by atoms with Gasteiger partial charge in [-0.1, -0.05) is 30.3 Å². The number of rotatable bonds is 6. The van der Waals surface area contributed by atoms with E-state index in [1.807, 2.05) is 23.1 Å². The van der Waals surface area contributed by atoms with Gasteiger partial charge in [0, 0.05) is 44.3 Å². The van der Waals surface area contributed by atoms with Gasteiger partial charge in [-0.25, -0.2) is 13.1 Å². The Balaban J connectivity index is 1.32. The van der Waals surface area contributed by atoms with E-state index >= 15 is 0 Å². The third-order valence-electron chi connectivity index (χ3n) is 5.84. The first-order chi connectivity index (χ1) is 15.0. The summed E-state index contributed by atoms with van der Waals surface area (Å²) in [6, 6.07) is 16.0. The summed E-state index contributed by atoms with van der Waals surface area (Å²) in [5, 5.41) is 0. The molecule has 0 atom stereocenters. The lowest BCUT2D eigenvalue weighted by atomic mass is 10.0. The van der Waals surface area contributed by atoms with Gasteiger partial charge in [0.25, 0.3) is 5.91 Å².